The van der Waals surface area contributed by atoms with Gasteiger partial charge in [0.05, 0.1) is 17.1 Å². The second-order valence-electron chi connectivity index (χ2n) is 6.89. The fourth-order valence-electron chi connectivity index (χ4n) is 3.71. The average molecular weight is 368 g/mol. The van der Waals surface area contributed by atoms with Crippen molar-refractivity contribution in [1.82, 2.24) is 19.7 Å². The van der Waals surface area contributed by atoms with E-state index in [1.807, 2.05) is 40.4 Å². The molecule has 0 aliphatic carbocycles. The van der Waals surface area contributed by atoms with Crippen LogP contribution in [0, 0.1) is 20.8 Å². The van der Waals surface area contributed by atoms with Gasteiger partial charge in [-0.15, -0.1) is 11.3 Å². The lowest BCUT2D eigenvalue weighted by Crippen LogP contribution is -2.46. The molecular weight excluding hydrogens is 342 g/mol. The monoisotopic (exact) mass is 367 g/mol. The molecule has 0 unspecified atom stereocenters. The second kappa shape index (κ2) is 7.21. The molecular formula is C20H25N5S. The van der Waals surface area contributed by atoms with Crippen molar-refractivity contribution in [3.05, 3.63) is 57.7 Å². The normalized spacial score (nSPS) is 15.6. The van der Waals surface area contributed by atoms with E-state index in [2.05, 4.69) is 47.7 Å². The summed E-state index contributed by atoms with van der Waals surface area (Å²) in [4.78, 5) is 12.3. The predicted octanol–water partition coefficient (Wildman–Crippen LogP) is 3.58. The van der Waals surface area contributed by atoms with Crippen molar-refractivity contribution >= 4 is 17.0 Å². The Hall–Kier alpha value is -2.18. The molecule has 3 aromatic heterocycles. The van der Waals surface area contributed by atoms with E-state index in [9.17, 15) is 0 Å². The molecule has 136 valence electrons. The van der Waals surface area contributed by atoms with Crippen LogP contribution in [0.1, 0.15) is 21.1 Å². The number of anilines is 1. The van der Waals surface area contributed by atoms with Crippen molar-refractivity contribution in [3.8, 4) is 5.82 Å². The molecule has 1 fully saturated rings. The summed E-state index contributed by atoms with van der Waals surface area (Å²) < 4.78 is 1.96. The summed E-state index contributed by atoms with van der Waals surface area (Å²) in [5, 5.41) is 4.75. The Kier molecular flexibility index (Phi) is 4.78. The van der Waals surface area contributed by atoms with E-state index < -0.39 is 0 Å². The number of aromatic nitrogens is 3. The Labute approximate surface area is 158 Å². The maximum atomic E-state index is 4.75. The minimum Gasteiger partial charge on any atom is -0.366 e. The molecule has 0 amide bonds. The van der Waals surface area contributed by atoms with Gasteiger partial charge in [-0.3, -0.25) is 4.90 Å². The predicted molar refractivity (Wildman–Crippen MR) is 107 cm³/mol. The summed E-state index contributed by atoms with van der Waals surface area (Å²) >= 11 is 1.91. The number of nitrogens with zero attached hydrogens (tertiary/aromatic N) is 5. The molecule has 1 aliphatic rings. The van der Waals surface area contributed by atoms with Crippen molar-refractivity contribution in [2.75, 3.05) is 31.1 Å². The first-order valence-corrected chi connectivity index (χ1v) is 9.94. The van der Waals surface area contributed by atoms with Crippen LogP contribution in [0.25, 0.3) is 5.82 Å². The summed E-state index contributed by atoms with van der Waals surface area (Å²) in [6.45, 7) is 11.7. The van der Waals surface area contributed by atoms with E-state index in [1.54, 1.807) is 0 Å². The molecule has 0 atom stereocenters. The maximum absolute atomic E-state index is 4.75. The molecule has 0 radical (unpaired) electrons. The summed E-state index contributed by atoms with van der Waals surface area (Å²) in [5.41, 5.74) is 3.52. The highest BCUT2D eigenvalue weighted by Gasteiger charge is 2.23. The highest BCUT2D eigenvalue weighted by atomic mass is 32.1. The molecule has 1 aliphatic heterocycles. The van der Waals surface area contributed by atoms with Crippen LogP contribution in [-0.4, -0.2) is 45.8 Å². The molecule has 0 spiro atoms. The zero-order chi connectivity index (χ0) is 18.1. The van der Waals surface area contributed by atoms with Crippen LogP contribution < -0.4 is 4.90 Å². The number of hydrogen-bond donors (Lipinski definition) is 0. The van der Waals surface area contributed by atoms with Crippen molar-refractivity contribution in [2.45, 2.75) is 27.3 Å². The number of aryl methyl sites for hydroxylation is 2. The number of rotatable bonds is 4. The number of pyridine rings is 1. The third kappa shape index (κ3) is 3.39. The van der Waals surface area contributed by atoms with E-state index in [0.717, 1.165) is 44.2 Å². The van der Waals surface area contributed by atoms with Gasteiger partial charge in [0.25, 0.3) is 0 Å². The molecule has 0 aromatic carbocycles. The lowest BCUT2D eigenvalue weighted by molar-refractivity contribution is 0.252. The number of piperazine rings is 1. The third-order valence-electron chi connectivity index (χ3n) is 4.98. The molecule has 4 heterocycles. The molecule has 1 saturated heterocycles. The van der Waals surface area contributed by atoms with E-state index in [-0.39, 0.29) is 0 Å². The Bertz CT molecular complexity index is 875. The molecule has 0 saturated carbocycles. The van der Waals surface area contributed by atoms with Gasteiger partial charge in [0.1, 0.15) is 0 Å². The van der Waals surface area contributed by atoms with Crippen molar-refractivity contribution in [3.63, 3.8) is 0 Å². The average Bonchev–Trinajstić information content (AvgIpc) is 3.19. The highest BCUT2D eigenvalue weighted by Crippen LogP contribution is 2.27. The Morgan fingerprint density at radius 1 is 1.00 bits per heavy atom. The minimum absolute atomic E-state index is 0.881. The zero-order valence-electron chi connectivity index (χ0n) is 15.6. The van der Waals surface area contributed by atoms with Gasteiger partial charge in [-0.2, -0.15) is 5.10 Å². The topological polar surface area (TPSA) is 37.2 Å². The molecule has 0 N–H and O–H groups in total. The Morgan fingerprint density at radius 2 is 1.81 bits per heavy atom. The summed E-state index contributed by atoms with van der Waals surface area (Å²) in [5.74, 6) is 0.881. The van der Waals surface area contributed by atoms with Crippen LogP contribution in [0.15, 0.2) is 36.5 Å². The fourth-order valence-corrected chi connectivity index (χ4v) is 4.65. The lowest BCUT2D eigenvalue weighted by Gasteiger charge is -2.36. The SMILES string of the molecule is Cc1ccc(CN2CCN(c3c(C)nn(-c4ccccn4)c3C)CC2)s1. The van der Waals surface area contributed by atoms with Gasteiger partial charge >= 0.3 is 0 Å². The van der Waals surface area contributed by atoms with Gasteiger partial charge in [-0.25, -0.2) is 9.67 Å². The molecule has 6 heteroatoms. The van der Waals surface area contributed by atoms with E-state index in [0.29, 0.717) is 0 Å². The van der Waals surface area contributed by atoms with Crippen LogP contribution in [0.3, 0.4) is 0 Å². The van der Waals surface area contributed by atoms with Crippen LogP contribution in [-0.2, 0) is 6.54 Å². The van der Waals surface area contributed by atoms with Crippen molar-refractivity contribution in [1.29, 1.82) is 0 Å². The summed E-state index contributed by atoms with van der Waals surface area (Å²) in [6.07, 6.45) is 1.82. The highest BCUT2D eigenvalue weighted by molar-refractivity contribution is 7.11. The standard InChI is InChI=1S/C20H25N5S/c1-15-7-8-18(26-15)14-23-10-12-24(13-11-23)20-16(2)22-25(17(20)3)19-6-4-5-9-21-19/h4-9H,10-14H2,1-3H3. The minimum atomic E-state index is 0.881. The molecule has 4 rings (SSSR count). The largest absolute Gasteiger partial charge is 0.366 e. The van der Waals surface area contributed by atoms with Crippen molar-refractivity contribution in [2.24, 2.45) is 0 Å². The first-order chi connectivity index (χ1) is 12.6. The van der Waals surface area contributed by atoms with Gasteiger partial charge < -0.3 is 4.90 Å². The fraction of sp³-hybridized carbons (Fsp3) is 0.400. The number of hydrogen-bond acceptors (Lipinski definition) is 5. The van der Waals surface area contributed by atoms with Crippen LogP contribution >= 0.6 is 11.3 Å². The van der Waals surface area contributed by atoms with Crippen LogP contribution in [0.2, 0.25) is 0 Å². The second-order valence-corrected chi connectivity index (χ2v) is 8.27. The van der Waals surface area contributed by atoms with Gasteiger partial charge in [0.15, 0.2) is 5.82 Å². The van der Waals surface area contributed by atoms with Crippen LogP contribution in [0.4, 0.5) is 5.69 Å². The quantitative estimate of drug-likeness (QED) is 0.706. The van der Waals surface area contributed by atoms with Crippen molar-refractivity contribution < 1.29 is 0 Å². The van der Waals surface area contributed by atoms with Gasteiger partial charge in [-0.05, 0) is 45.0 Å². The first-order valence-electron chi connectivity index (χ1n) is 9.12. The smallest absolute Gasteiger partial charge is 0.153 e. The van der Waals surface area contributed by atoms with Gasteiger partial charge in [-0.1, -0.05) is 6.07 Å². The molecule has 26 heavy (non-hydrogen) atoms. The molecule has 0 bridgehead atoms. The maximum Gasteiger partial charge on any atom is 0.153 e. The number of thiophene rings is 1. The zero-order valence-corrected chi connectivity index (χ0v) is 16.5. The summed E-state index contributed by atoms with van der Waals surface area (Å²) in [7, 11) is 0. The Morgan fingerprint density at radius 3 is 2.46 bits per heavy atom. The van der Waals surface area contributed by atoms with E-state index in [4.69, 9.17) is 5.10 Å². The first kappa shape index (κ1) is 17.2. The lowest BCUT2D eigenvalue weighted by atomic mass is 10.2. The van der Waals surface area contributed by atoms with Crippen LogP contribution in [0.5, 0.6) is 0 Å². The van der Waals surface area contributed by atoms with E-state index in [1.165, 1.54) is 21.1 Å². The van der Waals surface area contributed by atoms with E-state index >= 15 is 0 Å². The summed E-state index contributed by atoms with van der Waals surface area (Å²) in [6, 6.07) is 10.4. The van der Waals surface area contributed by atoms with Gasteiger partial charge in [0, 0.05) is 48.7 Å². The Balaban J connectivity index is 1.47. The molecule has 3 aromatic rings. The van der Waals surface area contributed by atoms with Gasteiger partial charge in [0.2, 0.25) is 0 Å². The molecule has 5 nitrogen and oxygen atoms in total. The third-order valence-corrected chi connectivity index (χ3v) is 5.97.